The van der Waals surface area contributed by atoms with Crippen LogP contribution in [0.1, 0.15) is 24.5 Å². The Hall–Kier alpha value is -2.44. The highest BCUT2D eigenvalue weighted by molar-refractivity contribution is 8.26. The van der Waals surface area contributed by atoms with Gasteiger partial charge in [0.05, 0.1) is 22.7 Å². The molecule has 0 N–H and O–H groups in total. The lowest BCUT2D eigenvalue weighted by Crippen LogP contribution is -2.29. The Morgan fingerprint density at radius 2 is 1.63 bits per heavy atom. The van der Waals surface area contributed by atoms with Crippen molar-refractivity contribution in [1.82, 2.24) is 4.90 Å². The Morgan fingerprint density at radius 3 is 2.37 bits per heavy atom. The minimum absolute atomic E-state index is 0.113. The first-order valence-electron chi connectivity index (χ1n) is 8.85. The molecule has 2 aliphatic rings. The minimum Gasteiger partial charge on any atom is -0.308 e. The van der Waals surface area contributed by atoms with Crippen LogP contribution in [-0.2, 0) is 16.1 Å². The molecule has 0 bridgehead atoms. The molecule has 4 nitrogen and oxygen atoms in total. The van der Waals surface area contributed by atoms with Crippen LogP contribution in [0.3, 0.4) is 0 Å². The van der Waals surface area contributed by atoms with Gasteiger partial charge in [-0.15, -0.1) is 0 Å². The van der Waals surface area contributed by atoms with Crippen molar-refractivity contribution in [3.8, 4) is 0 Å². The Bertz CT molecular complexity index is 969. The molecule has 27 heavy (non-hydrogen) atoms. The van der Waals surface area contributed by atoms with Gasteiger partial charge in [-0.1, -0.05) is 79.4 Å². The fourth-order valence-corrected chi connectivity index (χ4v) is 4.72. The van der Waals surface area contributed by atoms with E-state index in [1.807, 2.05) is 61.5 Å². The van der Waals surface area contributed by atoms with Gasteiger partial charge < -0.3 is 4.90 Å². The van der Waals surface area contributed by atoms with Gasteiger partial charge in [0.25, 0.3) is 11.8 Å². The molecule has 0 radical (unpaired) electrons. The average molecular weight is 395 g/mol. The summed E-state index contributed by atoms with van der Waals surface area (Å²) in [5.41, 5.74) is 3.17. The molecule has 2 aromatic carbocycles. The molecule has 4 rings (SSSR count). The third-order valence-electron chi connectivity index (χ3n) is 4.63. The maximum atomic E-state index is 13.1. The maximum absolute atomic E-state index is 13.1. The summed E-state index contributed by atoms with van der Waals surface area (Å²) in [6.45, 7) is 3.08. The molecule has 6 heteroatoms. The molecule has 2 aromatic rings. The number of nitrogens with zero attached hydrogens (tertiary/aromatic N) is 2. The fraction of sp³-hybridized carbons (Fsp3) is 0.190. The first-order chi connectivity index (χ1) is 13.1. The summed E-state index contributed by atoms with van der Waals surface area (Å²) in [6, 6.07) is 17.4. The van der Waals surface area contributed by atoms with Crippen LogP contribution in [0, 0.1) is 0 Å². The number of carbonyl (C=O) groups excluding carboxylic acids is 2. The number of para-hydroxylation sites is 1. The monoisotopic (exact) mass is 394 g/mol. The van der Waals surface area contributed by atoms with Crippen molar-refractivity contribution in [2.24, 2.45) is 0 Å². The average Bonchev–Trinajstić information content (AvgIpc) is 3.11. The van der Waals surface area contributed by atoms with Gasteiger partial charge in [0.2, 0.25) is 0 Å². The zero-order valence-electron chi connectivity index (χ0n) is 14.8. The molecule has 2 amide bonds. The van der Waals surface area contributed by atoms with E-state index >= 15 is 0 Å². The van der Waals surface area contributed by atoms with Crippen molar-refractivity contribution in [2.45, 2.75) is 19.9 Å². The highest BCUT2D eigenvalue weighted by atomic mass is 32.2. The Labute approximate surface area is 167 Å². The third kappa shape index (κ3) is 3.09. The van der Waals surface area contributed by atoms with Gasteiger partial charge in [-0.3, -0.25) is 14.5 Å². The molecular weight excluding hydrogens is 376 g/mol. The molecule has 1 fully saturated rings. The molecule has 0 aromatic heterocycles. The quantitative estimate of drug-likeness (QED) is 0.575. The van der Waals surface area contributed by atoms with Gasteiger partial charge in [-0.25, -0.2) is 0 Å². The maximum Gasteiger partial charge on any atom is 0.267 e. The van der Waals surface area contributed by atoms with Gasteiger partial charge in [0.15, 0.2) is 0 Å². The van der Waals surface area contributed by atoms with E-state index in [-0.39, 0.29) is 11.8 Å². The second-order valence-electron chi connectivity index (χ2n) is 6.42. The van der Waals surface area contributed by atoms with Crippen molar-refractivity contribution >= 4 is 51.4 Å². The van der Waals surface area contributed by atoms with Crippen molar-refractivity contribution in [3.63, 3.8) is 0 Å². The van der Waals surface area contributed by atoms with Crippen molar-refractivity contribution in [3.05, 3.63) is 70.6 Å². The first kappa shape index (κ1) is 17.9. The van der Waals surface area contributed by atoms with E-state index in [0.717, 1.165) is 23.2 Å². The first-order valence-corrected chi connectivity index (χ1v) is 10.1. The Morgan fingerprint density at radius 1 is 0.926 bits per heavy atom. The zero-order valence-corrected chi connectivity index (χ0v) is 16.5. The number of benzene rings is 2. The Balaban J connectivity index is 1.74. The lowest BCUT2D eigenvalue weighted by molar-refractivity contribution is -0.122. The van der Waals surface area contributed by atoms with Gasteiger partial charge in [-0.05, 0) is 18.1 Å². The van der Waals surface area contributed by atoms with E-state index in [1.54, 1.807) is 9.80 Å². The molecule has 0 aliphatic carbocycles. The molecule has 0 atom stereocenters. The molecule has 2 aliphatic heterocycles. The van der Waals surface area contributed by atoms with Gasteiger partial charge in [0, 0.05) is 12.1 Å². The van der Waals surface area contributed by atoms with Crippen LogP contribution >= 0.6 is 24.0 Å². The summed E-state index contributed by atoms with van der Waals surface area (Å²) in [6.07, 6.45) is 0.850. The predicted molar refractivity (Wildman–Crippen MR) is 113 cm³/mol. The van der Waals surface area contributed by atoms with Crippen LogP contribution < -0.4 is 4.90 Å². The van der Waals surface area contributed by atoms with E-state index < -0.39 is 0 Å². The van der Waals surface area contributed by atoms with Crippen molar-refractivity contribution < 1.29 is 9.59 Å². The van der Waals surface area contributed by atoms with Gasteiger partial charge in [0.1, 0.15) is 4.32 Å². The van der Waals surface area contributed by atoms with Crippen LogP contribution in [0.15, 0.2) is 59.5 Å². The van der Waals surface area contributed by atoms with Crippen LogP contribution in [0.4, 0.5) is 5.69 Å². The second kappa shape index (κ2) is 7.29. The molecule has 2 heterocycles. The zero-order chi connectivity index (χ0) is 19.0. The third-order valence-corrected chi connectivity index (χ3v) is 6.08. The van der Waals surface area contributed by atoms with Crippen LogP contribution in [-0.4, -0.2) is 27.6 Å². The second-order valence-corrected chi connectivity index (χ2v) is 8.07. The molecule has 0 saturated carbocycles. The Kier molecular flexibility index (Phi) is 4.85. The number of thiocarbonyl (C=S) groups is 1. The lowest BCUT2D eigenvalue weighted by Gasteiger charge is -2.15. The van der Waals surface area contributed by atoms with Gasteiger partial charge in [-0.2, -0.15) is 0 Å². The summed E-state index contributed by atoms with van der Waals surface area (Å²) in [4.78, 5) is 30.0. The summed E-state index contributed by atoms with van der Waals surface area (Å²) in [5.74, 6) is -0.302. The van der Waals surface area contributed by atoms with Crippen molar-refractivity contribution in [1.29, 1.82) is 0 Å². The molecule has 136 valence electrons. The molecule has 0 spiro atoms. The van der Waals surface area contributed by atoms with Crippen LogP contribution in [0.25, 0.3) is 5.57 Å². The van der Waals surface area contributed by atoms with E-state index in [2.05, 4.69) is 0 Å². The fourth-order valence-electron chi connectivity index (χ4n) is 3.40. The number of hydrogen-bond donors (Lipinski definition) is 0. The highest BCUT2D eigenvalue weighted by Crippen LogP contribution is 2.44. The summed E-state index contributed by atoms with van der Waals surface area (Å²) in [7, 11) is 0. The molecule has 0 unspecified atom stereocenters. The van der Waals surface area contributed by atoms with E-state index in [1.165, 1.54) is 11.8 Å². The SMILES string of the molecule is CCCN1C(=O)C(=C2SC(=S)N(Cc3ccccc3)C2=O)c2ccccc21. The topological polar surface area (TPSA) is 40.6 Å². The normalized spacial score (nSPS) is 19.2. The van der Waals surface area contributed by atoms with E-state index in [4.69, 9.17) is 12.2 Å². The highest BCUT2D eigenvalue weighted by Gasteiger charge is 2.41. The van der Waals surface area contributed by atoms with Crippen LogP contribution in [0.5, 0.6) is 0 Å². The summed E-state index contributed by atoms with van der Waals surface area (Å²) >= 11 is 6.68. The predicted octanol–water partition coefficient (Wildman–Crippen LogP) is 4.21. The minimum atomic E-state index is -0.189. The molecular formula is C21H18N2O2S2. The van der Waals surface area contributed by atoms with Crippen LogP contribution in [0.2, 0.25) is 0 Å². The van der Waals surface area contributed by atoms with E-state index in [9.17, 15) is 9.59 Å². The lowest BCUT2D eigenvalue weighted by atomic mass is 10.1. The number of amides is 2. The number of thioether (sulfide) groups is 1. The van der Waals surface area contributed by atoms with Gasteiger partial charge >= 0.3 is 0 Å². The number of anilines is 1. The molecule has 1 saturated heterocycles. The van der Waals surface area contributed by atoms with E-state index in [0.29, 0.717) is 27.9 Å². The number of fused-ring (bicyclic) bond motifs is 1. The number of carbonyl (C=O) groups is 2. The number of hydrogen-bond acceptors (Lipinski definition) is 4. The smallest absolute Gasteiger partial charge is 0.267 e. The largest absolute Gasteiger partial charge is 0.308 e. The standard InChI is InChI=1S/C21H18N2O2S2/c1-2-12-22-16-11-7-6-10-15(16)17(19(22)24)18-20(25)23(21(26)27-18)13-14-8-4-3-5-9-14/h3-11H,2,12-13H2,1H3. The summed E-state index contributed by atoms with van der Waals surface area (Å²) < 4.78 is 0.491. The number of rotatable bonds is 4. The van der Waals surface area contributed by atoms with Crippen molar-refractivity contribution in [2.75, 3.05) is 11.4 Å². The summed E-state index contributed by atoms with van der Waals surface area (Å²) in [5, 5.41) is 0.